The highest BCUT2D eigenvalue weighted by Gasteiger charge is 2.08. The maximum absolute atomic E-state index is 10.7. The summed E-state index contributed by atoms with van der Waals surface area (Å²) in [5.74, 6) is 0.227. The fourth-order valence-corrected chi connectivity index (χ4v) is 4.42. The molecule has 0 fully saturated rings. The van der Waals surface area contributed by atoms with E-state index in [4.69, 9.17) is 33.0 Å². The quantitative estimate of drug-likeness (QED) is 0.311. The first kappa shape index (κ1) is 22.8. The molecule has 0 amide bonds. The summed E-state index contributed by atoms with van der Waals surface area (Å²) in [5, 5.41) is 10.1. The molecule has 3 rings (SSSR count). The monoisotopic (exact) mass is 522 g/mol. The van der Waals surface area contributed by atoms with E-state index in [1.54, 1.807) is 17.8 Å². The molecule has 0 saturated heterocycles. The van der Waals surface area contributed by atoms with Crippen LogP contribution in [-0.2, 0) is 4.79 Å². The fraction of sp³-hybridized carbons (Fsp3) is 0.0870. The molecule has 0 unspecified atom stereocenters. The average Bonchev–Trinajstić information content (AvgIpc) is 2.72. The van der Waals surface area contributed by atoms with Crippen LogP contribution in [0.3, 0.4) is 0 Å². The van der Waals surface area contributed by atoms with Gasteiger partial charge in [0.25, 0.3) is 0 Å². The van der Waals surface area contributed by atoms with Crippen molar-refractivity contribution in [3.63, 3.8) is 0 Å². The van der Waals surface area contributed by atoms with Gasteiger partial charge in [-0.1, -0.05) is 53.5 Å². The smallest absolute Gasteiger partial charge is 0.341 e. The molecule has 0 aliphatic carbocycles. The third kappa shape index (κ3) is 6.54. The summed E-state index contributed by atoms with van der Waals surface area (Å²) in [6.45, 7) is -0.376. The van der Waals surface area contributed by atoms with Crippen molar-refractivity contribution in [1.29, 1.82) is 0 Å². The number of halogens is 3. The molecule has 3 aromatic carbocycles. The van der Waals surface area contributed by atoms with Crippen LogP contribution in [0.2, 0.25) is 10.0 Å². The van der Waals surface area contributed by atoms with Gasteiger partial charge in [0.2, 0.25) is 0 Å². The van der Waals surface area contributed by atoms with E-state index in [2.05, 4.69) is 22.0 Å². The molecule has 7 heteroatoms. The second-order valence-electron chi connectivity index (χ2n) is 6.22. The third-order valence-corrected chi connectivity index (χ3v) is 6.15. The molecule has 0 saturated carbocycles. The molecular formula is C23H17BrCl2O3S. The van der Waals surface area contributed by atoms with Gasteiger partial charge in [-0.2, -0.15) is 0 Å². The molecule has 0 aliphatic heterocycles. The van der Waals surface area contributed by atoms with Gasteiger partial charge in [-0.15, -0.1) is 11.8 Å². The molecule has 0 aromatic heterocycles. The number of thioether (sulfide) groups is 1. The van der Waals surface area contributed by atoms with Gasteiger partial charge in [0.15, 0.2) is 6.61 Å². The van der Waals surface area contributed by atoms with Crippen LogP contribution in [0, 0.1) is 0 Å². The van der Waals surface area contributed by atoms with Crippen LogP contribution in [0.15, 0.2) is 82.2 Å². The van der Waals surface area contributed by atoms with E-state index < -0.39 is 5.97 Å². The topological polar surface area (TPSA) is 46.5 Å². The van der Waals surface area contributed by atoms with Crippen LogP contribution in [0.1, 0.15) is 11.1 Å². The van der Waals surface area contributed by atoms with Crippen LogP contribution in [0.5, 0.6) is 5.75 Å². The summed E-state index contributed by atoms with van der Waals surface area (Å²) in [4.78, 5) is 11.7. The van der Waals surface area contributed by atoms with Crippen molar-refractivity contribution in [3.05, 3.63) is 98.5 Å². The van der Waals surface area contributed by atoms with E-state index in [0.29, 0.717) is 20.3 Å². The molecule has 3 aromatic rings. The highest BCUT2D eigenvalue weighted by Crippen LogP contribution is 2.32. The molecule has 0 bridgehead atoms. The Bertz CT molecular complexity index is 1000. The van der Waals surface area contributed by atoms with Gasteiger partial charge in [-0.25, -0.2) is 4.79 Å². The summed E-state index contributed by atoms with van der Waals surface area (Å²) in [6.07, 6.45) is 2.17. The molecule has 1 N–H and O–H groups in total. The Balaban J connectivity index is 1.77. The van der Waals surface area contributed by atoms with Gasteiger partial charge in [0.05, 0.1) is 4.47 Å². The van der Waals surface area contributed by atoms with Crippen LogP contribution >= 0.6 is 50.9 Å². The van der Waals surface area contributed by atoms with Gasteiger partial charge in [-0.3, -0.25) is 0 Å². The molecule has 0 radical (unpaired) electrons. The number of ether oxygens (including phenoxy) is 1. The van der Waals surface area contributed by atoms with E-state index in [9.17, 15) is 4.79 Å². The number of carboxylic acids is 1. The molecule has 0 spiro atoms. The summed E-state index contributed by atoms with van der Waals surface area (Å²) in [7, 11) is 0. The molecule has 0 atom stereocenters. The summed E-state index contributed by atoms with van der Waals surface area (Å²) < 4.78 is 5.96. The average molecular weight is 524 g/mol. The van der Waals surface area contributed by atoms with Gasteiger partial charge >= 0.3 is 5.97 Å². The SMILES string of the molecule is O=C(O)COc1ccc(SCC=C(c2ccc(Cl)cc2)c2ccc(Cl)cc2)cc1Br. The zero-order valence-electron chi connectivity index (χ0n) is 15.6. The maximum atomic E-state index is 10.7. The van der Waals surface area contributed by atoms with Gasteiger partial charge in [-0.05, 0) is 75.1 Å². The minimum atomic E-state index is -1.01. The van der Waals surface area contributed by atoms with Gasteiger partial charge < -0.3 is 9.84 Å². The lowest BCUT2D eigenvalue weighted by molar-refractivity contribution is -0.139. The lowest BCUT2D eigenvalue weighted by Crippen LogP contribution is -2.09. The zero-order chi connectivity index (χ0) is 21.5. The Morgan fingerprint density at radius 1 is 0.967 bits per heavy atom. The van der Waals surface area contributed by atoms with Crippen molar-refractivity contribution >= 4 is 62.4 Å². The highest BCUT2D eigenvalue weighted by molar-refractivity contribution is 9.10. The first-order valence-corrected chi connectivity index (χ1v) is 11.4. The molecule has 0 aliphatic rings. The molecule has 0 heterocycles. The van der Waals surface area contributed by atoms with Crippen molar-refractivity contribution in [3.8, 4) is 5.75 Å². The maximum Gasteiger partial charge on any atom is 0.341 e. The summed E-state index contributed by atoms with van der Waals surface area (Å²) >= 11 is 17.2. The number of hydrogen-bond acceptors (Lipinski definition) is 3. The van der Waals surface area contributed by atoms with E-state index >= 15 is 0 Å². The fourth-order valence-electron chi connectivity index (χ4n) is 2.71. The van der Waals surface area contributed by atoms with Crippen molar-refractivity contribution in [1.82, 2.24) is 0 Å². The number of rotatable bonds is 8. The van der Waals surface area contributed by atoms with Crippen LogP contribution in [0.4, 0.5) is 0 Å². The number of carbonyl (C=O) groups is 1. The minimum absolute atomic E-state index is 0.376. The Morgan fingerprint density at radius 3 is 2.03 bits per heavy atom. The Kier molecular flexibility index (Phi) is 8.28. The Hall–Kier alpha value is -1.92. The number of hydrogen-bond donors (Lipinski definition) is 1. The summed E-state index contributed by atoms with van der Waals surface area (Å²) in [5.41, 5.74) is 3.23. The second kappa shape index (κ2) is 10.9. The van der Waals surface area contributed by atoms with E-state index in [1.807, 2.05) is 60.7 Å². The van der Waals surface area contributed by atoms with Crippen LogP contribution in [-0.4, -0.2) is 23.4 Å². The normalized spacial score (nSPS) is 10.5. The van der Waals surface area contributed by atoms with Crippen LogP contribution < -0.4 is 4.74 Å². The zero-order valence-corrected chi connectivity index (χ0v) is 19.6. The number of carboxylic acid groups (broad SMARTS) is 1. The van der Waals surface area contributed by atoms with Gasteiger partial charge in [0.1, 0.15) is 5.75 Å². The minimum Gasteiger partial charge on any atom is -0.481 e. The van der Waals surface area contributed by atoms with E-state index in [-0.39, 0.29) is 6.61 Å². The Labute approximate surface area is 197 Å². The largest absolute Gasteiger partial charge is 0.481 e. The van der Waals surface area contributed by atoms with Crippen LogP contribution in [0.25, 0.3) is 5.57 Å². The van der Waals surface area contributed by atoms with Crippen molar-refractivity contribution in [2.24, 2.45) is 0 Å². The molecule has 154 valence electrons. The van der Waals surface area contributed by atoms with Crippen molar-refractivity contribution < 1.29 is 14.6 Å². The first-order chi connectivity index (χ1) is 14.4. The standard InChI is InChI=1S/C23H17BrCl2O3S/c24-21-13-19(9-10-22(21)29-14-23(27)28)30-12-11-20(15-1-5-17(25)6-2-15)16-3-7-18(26)8-4-16/h1-11,13H,12,14H2,(H,27,28). The lowest BCUT2D eigenvalue weighted by atomic mass is 9.98. The number of aliphatic carboxylic acids is 1. The molecule has 3 nitrogen and oxygen atoms in total. The first-order valence-electron chi connectivity index (χ1n) is 8.91. The van der Waals surface area contributed by atoms with E-state index in [1.165, 1.54) is 0 Å². The predicted molar refractivity (Wildman–Crippen MR) is 128 cm³/mol. The lowest BCUT2D eigenvalue weighted by Gasteiger charge is -2.10. The van der Waals surface area contributed by atoms with Crippen molar-refractivity contribution in [2.45, 2.75) is 4.90 Å². The van der Waals surface area contributed by atoms with E-state index in [0.717, 1.165) is 27.3 Å². The molecular weight excluding hydrogens is 507 g/mol. The number of benzene rings is 3. The van der Waals surface area contributed by atoms with Crippen molar-refractivity contribution in [2.75, 3.05) is 12.4 Å². The Morgan fingerprint density at radius 2 is 1.53 bits per heavy atom. The molecule has 30 heavy (non-hydrogen) atoms. The summed E-state index contributed by atoms with van der Waals surface area (Å²) in [6, 6.07) is 21.1. The predicted octanol–water partition coefficient (Wildman–Crippen LogP) is 7.44. The highest BCUT2D eigenvalue weighted by atomic mass is 79.9. The van der Waals surface area contributed by atoms with Gasteiger partial charge in [0, 0.05) is 20.7 Å². The second-order valence-corrected chi connectivity index (χ2v) is 9.04. The third-order valence-electron chi connectivity index (χ3n) is 4.10.